The Kier molecular flexibility index (Phi) is 2.36. The van der Waals surface area contributed by atoms with Crippen molar-refractivity contribution in [1.82, 2.24) is 9.78 Å². The smallest absolute Gasteiger partial charge is 0.224 e. The molecular weight excluding hydrogens is 252 g/mol. The van der Waals surface area contributed by atoms with Gasteiger partial charge < -0.3 is 11.1 Å². The molecule has 1 aromatic heterocycles. The van der Waals surface area contributed by atoms with Gasteiger partial charge >= 0.3 is 0 Å². The number of nitrogens with zero attached hydrogens (tertiary/aromatic N) is 2. The predicted octanol–water partition coefficient (Wildman–Crippen LogP) is 2.22. The molecule has 0 unspecified atom stereocenters. The van der Waals surface area contributed by atoms with Gasteiger partial charge in [-0.05, 0) is 43.0 Å². The molecule has 4 rings (SSSR count). The number of nitrogens with one attached hydrogen (secondary N) is 1. The molecule has 2 aliphatic rings. The first-order chi connectivity index (χ1) is 9.70. The molecule has 5 nitrogen and oxygen atoms in total. The summed E-state index contributed by atoms with van der Waals surface area (Å²) in [6.07, 6.45) is 5.67. The number of anilines is 2. The molecule has 1 saturated carbocycles. The summed E-state index contributed by atoms with van der Waals surface area (Å²) >= 11 is 0. The Morgan fingerprint density at radius 3 is 2.95 bits per heavy atom. The van der Waals surface area contributed by atoms with Crippen LogP contribution >= 0.6 is 0 Å². The number of benzene rings is 1. The van der Waals surface area contributed by atoms with Crippen LogP contribution in [0, 0.1) is 0 Å². The molecule has 1 aromatic carbocycles. The highest BCUT2D eigenvalue weighted by molar-refractivity contribution is 5.95. The van der Waals surface area contributed by atoms with E-state index in [-0.39, 0.29) is 5.91 Å². The third kappa shape index (κ3) is 1.86. The van der Waals surface area contributed by atoms with Crippen LogP contribution in [0.3, 0.4) is 0 Å². The van der Waals surface area contributed by atoms with E-state index in [4.69, 9.17) is 5.73 Å². The first-order valence-corrected chi connectivity index (χ1v) is 6.99. The van der Waals surface area contributed by atoms with Crippen molar-refractivity contribution < 1.29 is 4.79 Å². The minimum Gasteiger partial charge on any atom is -0.397 e. The fourth-order valence-electron chi connectivity index (χ4n) is 2.70. The topological polar surface area (TPSA) is 72.9 Å². The molecule has 5 heteroatoms. The molecule has 1 amide bonds. The summed E-state index contributed by atoms with van der Waals surface area (Å²) in [5.74, 6) is 0.683. The molecule has 0 spiro atoms. The highest BCUT2D eigenvalue weighted by Gasteiger charge is 2.26. The number of hydrogen-bond acceptors (Lipinski definition) is 3. The van der Waals surface area contributed by atoms with Crippen molar-refractivity contribution in [3.05, 3.63) is 35.7 Å². The zero-order chi connectivity index (χ0) is 13.7. The standard InChI is InChI=1S/C15H16N4O/c16-11-7-10-3-4-15(20)17-13(10)8-14(11)19-6-5-12(18-19)9-1-2-9/h5-9H,1-4,16H2,(H,17,20). The molecule has 2 heterocycles. The van der Waals surface area contributed by atoms with Crippen LogP contribution < -0.4 is 11.1 Å². The maximum absolute atomic E-state index is 11.5. The van der Waals surface area contributed by atoms with Gasteiger partial charge in [-0.2, -0.15) is 5.10 Å². The summed E-state index contributed by atoms with van der Waals surface area (Å²) in [4.78, 5) is 11.5. The number of aromatic nitrogens is 2. The van der Waals surface area contributed by atoms with E-state index in [1.54, 1.807) is 0 Å². The molecule has 1 aliphatic carbocycles. The molecule has 1 aliphatic heterocycles. The van der Waals surface area contributed by atoms with Gasteiger partial charge in [-0.1, -0.05) is 0 Å². The largest absolute Gasteiger partial charge is 0.397 e. The maximum atomic E-state index is 11.5. The van der Waals surface area contributed by atoms with Crippen LogP contribution in [-0.4, -0.2) is 15.7 Å². The first-order valence-electron chi connectivity index (χ1n) is 6.99. The van der Waals surface area contributed by atoms with Crippen LogP contribution in [0.1, 0.15) is 36.4 Å². The van der Waals surface area contributed by atoms with E-state index in [2.05, 4.69) is 16.5 Å². The van der Waals surface area contributed by atoms with Gasteiger partial charge in [-0.25, -0.2) is 4.68 Å². The molecule has 0 saturated heterocycles. The molecule has 0 atom stereocenters. The number of carbonyl (C=O) groups excluding carboxylic acids is 1. The molecule has 2 aromatic rings. The Morgan fingerprint density at radius 1 is 1.30 bits per heavy atom. The van der Waals surface area contributed by atoms with E-state index in [0.717, 1.165) is 29.1 Å². The normalized spacial score (nSPS) is 17.7. The van der Waals surface area contributed by atoms with Crippen molar-refractivity contribution in [1.29, 1.82) is 0 Å². The lowest BCUT2D eigenvalue weighted by Gasteiger charge is -2.19. The lowest BCUT2D eigenvalue weighted by molar-refractivity contribution is -0.116. The molecule has 0 radical (unpaired) electrons. The van der Waals surface area contributed by atoms with E-state index in [1.165, 1.54) is 12.8 Å². The van der Waals surface area contributed by atoms with Crippen molar-refractivity contribution in [3.8, 4) is 5.69 Å². The Labute approximate surface area is 116 Å². The third-order valence-electron chi connectivity index (χ3n) is 4.00. The Balaban J connectivity index is 1.76. The molecule has 0 bridgehead atoms. The number of hydrogen-bond donors (Lipinski definition) is 2. The Hall–Kier alpha value is -2.30. The minimum absolute atomic E-state index is 0.0624. The fourth-order valence-corrected chi connectivity index (χ4v) is 2.70. The number of rotatable bonds is 2. The van der Waals surface area contributed by atoms with Crippen LogP contribution in [0.5, 0.6) is 0 Å². The SMILES string of the molecule is Nc1cc2c(cc1-n1ccc(C3CC3)n1)NC(=O)CC2. The van der Waals surface area contributed by atoms with Crippen LogP contribution in [-0.2, 0) is 11.2 Å². The van der Waals surface area contributed by atoms with Crippen LogP contribution in [0.15, 0.2) is 24.4 Å². The van der Waals surface area contributed by atoms with E-state index >= 15 is 0 Å². The lowest BCUT2D eigenvalue weighted by Crippen LogP contribution is -2.19. The molecular formula is C15H16N4O. The highest BCUT2D eigenvalue weighted by atomic mass is 16.1. The van der Waals surface area contributed by atoms with Gasteiger partial charge in [0.25, 0.3) is 0 Å². The Morgan fingerprint density at radius 2 is 2.15 bits per heavy atom. The zero-order valence-electron chi connectivity index (χ0n) is 11.1. The number of nitrogens with two attached hydrogens (primary N) is 1. The van der Waals surface area contributed by atoms with Crippen molar-refractivity contribution in [2.24, 2.45) is 0 Å². The fraction of sp³-hybridized carbons (Fsp3) is 0.333. The van der Waals surface area contributed by atoms with Crippen molar-refractivity contribution >= 4 is 17.3 Å². The quantitative estimate of drug-likeness (QED) is 0.820. The third-order valence-corrected chi connectivity index (χ3v) is 4.00. The predicted molar refractivity (Wildman–Crippen MR) is 76.9 cm³/mol. The highest BCUT2D eigenvalue weighted by Crippen LogP contribution is 2.39. The number of nitrogen functional groups attached to an aromatic ring is 1. The van der Waals surface area contributed by atoms with Gasteiger partial charge in [0.2, 0.25) is 5.91 Å². The average molecular weight is 268 g/mol. The van der Waals surface area contributed by atoms with E-state index < -0.39 is 0 Å². The van der Waals surface area contributed by atoms with Gasteiger partial charge in [0.1, 0.15) is 0 Å². The second-order valence-electron chi connectivity index (χ2n) is 5.58. The van der Waals surface area contributed by atoms with Gasteiger partial charge in [0, 0.05) is 24.2 Å². The summed E-state index contributed by atoms with van der Waals surface area (Å²) in [5, 5.41) is 7.50. The molecule has 20 heavy (non-hydrogen) atoms. The van der Waals surface area contributed by atoms with Crippen molar-refractivity contribution in [2.75, 3.05) is 11.1 Å². The summed E-state index contributed by atoms with van der Waals surface area (Å²) < 4.78 is 1.81. The zero-order valence-corrected chi connectivity index (χ0v) is 11.1. The van der Waals surface area contributed by atoms with Gasteiger partial charge in [-0.3, -0.25) is 4.79 Å². The molecule has 102 valence electrons. The maximum Gasteiger partial charge on any atom is 0.224 e. The number of amides is 1. The number of fused-ring (bicyclic) bond motifs is 1. The lowest BCUT2D eigenvalue weighted by atomic mass is 10.0. The molecule has 1 fully saturated rings. The second kappa shape index (κ2) is 4.10. The first kappa shape index (κ1) is 11.5. The summed E-state index contributed by atoms with van der Waals surface area (Å²) in [6, 6.07) is 5.92. The van der Waals surface area contributed by atoms with Crippen LogP contribution in [0.2, 0.25) is 0 Å². The van der Waals surface area contributed by atoms with E-state index in [1.807, 2.05) is 23.0 Å². The van der Waals surface area contributed by atoms with Crippen LogP contribution in [0.4, 0.5) is 11.4 Å². The van der Waals surface area contributed by atoms with Gasteiger partial charge in [0.15, 0.2) is 0 Å². The number of aryl methyl sites for hydroxylation is 1. The summed E-state index contributed by atoms with van der Waals surface area (Å²) in [6.45, 7) is 0. The summed E-state index contributed by atoms with van der Waals surface area (Å²) in [5.41, 5.74) is 10.8. The van der Waals surface area contributed by atoms with Crippen molar-refractivity contribution in [3.63, 3.8) is 0 Å². The minimum atomic E-state index is 0.0624. The van der Waals surface area contributed by atoms with Gasteiger partial charge in [0.05, 0.1) is 17.1 Å². The van der Waals surface area contributed by atoms with Crippen LogP contribution in [0.25, 0.3) is 5.69 Å². The van der Waals surface area contributed by atoms with Gasteiger partial charge in [-0.15, -0.1) is 0 Å². The average Bonchev–Trinajstić information content (AvgIpc) is 3.17. The Bertz CT molecular complexity index is 700. The molecule has 3 N–H and O–H groups in total. The van der Waals surface area contributed by atoms with Crippen molar-refractivity contribution in [2.45, 2.75) is 31.6 Å². The monoisotopic (exact) mass is 268 g/mol. The van der Waals surface area contributed by atoms with E-state index in [9.17, 15) is 4.79 Å². The summed E-state index contributed by atoms with van der Waals surface area (Å²) in [7, 11) is 0. The van der Waals surface area contributed by atoms with E-state index in [0.29, 0.717) is 18.0 Å². The number of carbonyl (C=O) groups is 1. The second-order valence-corrected chi connectivity index (χ2v) is 5.58.